The first kappa shape index (κ1) is 13.1. The molecule has 0 radical (unpaired) electrons. The fourth-order valence-corrected chi connectivity index (χ4v) is 1.63. The predicted octanol–water partition coefficient (Wildman–Crippen LogP) is 1.95. The van der Waals surface area contributed by atoms with E-state index in [1.165, 1.54) is 11.1 Å². The summed E-state index contributed by atoms with van der Waals surface area (Å²) in [5, 5.41) is 3.49. The Morgan fingerprint density at radius 1 is 1.50 bits per heavy atom. The van der Waals surface area contributed by atoms with Crippen LogP contribution in [0.4, 0.5) is 0 Å². The van der Waals surface area contributed by atoms with Gasteiger partial charge in [0.1, 0.15) is 0 Å². The number of hydrogen-bond donors (Lipinski definition) is 1. The van der Waals surface area contributed by atoms with Gasteiger partial charge in [-0.15, -0.1) is 0 Å². The van der Waals surface area contributed by atoms with E-state index in [0.717, 1.165) is 26.0 Å². The molecule has 0 spiro atoms. The van der Waals surface area contributed by atoms with Gasteiger partial charge in [0.15, 0.2) is 0 Å². The lowest BCUT2D eigenvalue weighted by atomic mass is 10.1. The Bertz CT molecular complexity index is 302. The second-order valence-corrected chi connectivity index (χ2v) is 4.19. The largest absolute Gasteiger partial charge is 0.385 e. The summed E-state index contributed by atoms with van der Waals surface area (Å²) in [5.74, 6) is 0. The molecule has 0 aliphatic carbocycles. The minimum atomic E-state index is 0.516. The third-order valence-electron chi connectivity index (χ3n) is 2.78. The smallest absolute Gasteiger partial charge is 0.0476 e. The molecule has 0 amide bonds. The topological polar surface area (TPSA) is 34.1 Å². The van der Waals surface area contributed by atoms with Crippen LogP contribution in [0.2, 0.25) is 0 Å². The van der Waals surface area contributed by atoms with E-state index in [2.05, 4.69) is 30.2 Å². The van der Waals surface area contributed by atoms with Crippen LogP contribution in [0.1, 0.15) is 24.5 Å². The summed E-state index contributed by atoms with van der Waals surface area (Å²) in [6.07, 6.45) is 5.90. The first-order valence-electron chi connectivity index (χ1n) is 5.86. The highest BCUT2D eigenvalue weighted by molar-refractivity contribution is 5.21. The lowest BCUT2D eigenvalue weighted by molar-refractivity contribution is 0.185. The maximum Gasteiger partial charge on any atom is 0.0476 e. The van der Waals surface area contributed by atoms with Gasteiger partial charge in [-0.3, -0.25) is 4.98 Å². The number of ether oxygens (including phenoxy) is 1. The molecule has 0 bridgehead atoms. The summed E-state index contributed by atoms with van der Waals surface area (Å²) in [5.41, 5.74) is 2.65. The van der Waals surface area contributed by atoms with Gasteiger partial charge in [0.25, 0.3) is 0 Å². The second-order valence-electron chi connectivity index (χ2n) is 4.19. The summed E-state index contributed by atoms with van der Waals surface area (Å²) < 4.78 is 5.05. The lowest BCUT2D eigenvalue weighted by Gasteiger charge is -2.13. The highest BCUT2D eigenvalue weighted by Gasteiger charge is 2.01. The molecule has 0 aliphatic rings. The average molecular weight is 222 g/mol. The lowest BCUT2D eigenvalue weighted by Crippen LogP contribution is -2.29. The van der Waals surface area contributed by atoms with E-state index < -0.39 is 0 Å². The maximum absolute atomic E-state index is 5.05. The third kappa shape index (κ3) is 4.73. The predicted molar refractivity (Wildman–Crippen MR) is 66.6 cm³/mol. The van der Waals surface area contributed by atoms with Gasteiger partial charge in [0.05, 0.1) is 0 Å². The van der Waals surface area contributed by atoms with Crippen molar-refractivity contribution in [1.29, 1.82) is 0 Å². The molecule has 1 aromatic rings. The molecule has 0 saturated carbocycles. The number of aryl methyl sites for hydroxylation is 1. The molecule has 1 atom stereocenters. The van der Waals surface area contributed by atoms with Gasteiger partial charge < -0.3 is 10.1 Å². The van der Waals surface area contributed by atoms with E-state index >= 15 is 0 Å². The number of nitrogens with one attached hydrogen (secondary N) is 1. The van der Waals surface area contributed by atoms with Gasteiger partial charge in [-0.1, -0.05) is 0 Å². The zero-order chi connectivity index (χ0) is 11.8. The molecule has 90 valence electrons. The number of pyridine rings is 1. The van der Waals surface area contributed by atoms with Gasteiger partial charge in [0.2, 0.25) is 0 Å². The van der Waals surface area contributed by atoms with Crippen molar-refractivity contribution in [1.82, 2.24) is 10.3 Å². The summed E-state index contributed by atoms with van der Waals surface area (Å²) in [6, 6.07) is 2.61. The fraction of sp³-hybridized carbons (Fsp3) is 0.615. The van der Waals surface area contributed by atoms with E-state index in [-0.39, 0.29) is 0 Å². The van der Waals surface area contributed by atoms with Crippen LogP contribution in [0.3, 0.4) is 0 Å². The van der Waals surface area contributed by atoms with Crippen LogP contribution >= 0.6 is 0 Å². The van der Waals surface area contributed by atoms with Gasteiger partial charge in [-0.25, -0.2) is 0 Å². The van der Waals surface area contributed by atoms with Gasteiger partial charge in [-0.05, 0) is 50.4 Å². The molecule has 1 heterocycles. The van der Waals surface area contributed by atoms with Crippen molar-refractivity contribution in [3.05, 3.63) is 29.6 Å². The van der Waals surface area contributed by atoms with Crippen molar-refractivity contribution in [2.24, 2.45) is 0 Å². The fourth-order valence-electron chi connectivity index (χ4n) is 1.63. The zero-order valence-corrected chi connectivity index (χ0v) is 10.5. The van der Waals surface area contributed by atoms with E-state index in [1.54, 1.807) is 7.11 Å². The standard InChI is InChI=1S/C13H22N2O/c1-11-10-14-7-4-13(11)5-8-15-12(2)6-9-16-3/h4,7,10,12,15H,5-6,8-9H2,1-3H3. The Morgan fingerprint density at radius 2 is 2.31 bits per heavy atom. The highest BCUT2D eigenvalue weighted by Crippen LogP contribution is 2.05. The van der Waals surface area contributed by atoms with E-state index in [9.17, 15) is 0 Å². The van der Waals surface area contributed by atoms with Crippen molar-refractivity contribution in [3.8, 4) is 0 Å². The number of nitrogens with zero attached hydrogens (tertiary/aromatic N) is 1. The maximum atomic E-state index is 5.05. The molecular formula is C13H22N2O. The SMILES string of the molecule is COCCC(C)NCCc1ccncc1C. The van der Waals surface area contributed by atoms with Crippen molar-refractivity contribution < 1.29 is 4.74 Å². The van der Waals surface area contributed by atoms with Crippen LogP contribution in [0, 0.1) is 6.92 Å². The molecule has 16 heavy (non-hydrogen) atoms. The molecule has 3 heteroatoms. The molecular weight excluding hydrogens is 200 g/mol. The Balaban J connectivity index is 2.23. The Labute approximate surface area is 98.2 Å². The highest BCUT2D eigenvalue weighted by atomic mass is 16.5. The molecule has 1 rings (SSSR count). The van der Waals surface area contributed by atoms with Crippen molar-refractivity contribution in [3.63, 3.8) is 0 Å². The Hall–Kier alpha value is -0.930. The van der Waals surface area contributed by atoms with Crippen molar-refractivity contribution in [2.75, 3.05) is 20.3 Å². The number of rotatable bonds is 7. The summed E-state index contributed by atoms with van der Waals surface area (Å²) >= 11 is 0. The summed E-state index contributed by atoms with van der Waals surface area (Å²) in [6.45, 7) is 6.13. The van der Waals surface area contributed by atoms with Crippen LogP contribution in [-0.2, 0) is 11.2 Å². The average Bonchev–Trinajstić information content (AvgIpc) is 2.29. The molecule has 1 N–H and O–H groups in total. The Kier molecular flexibility index (Phi) is 6.04. The van der Waals surface area contributed by atoms with Gasteiger partial charge in [0, 0.05) is 32.2 Å². The molecule has 0 aliphatic heterocycles. The summed E-state index contributed by atoms with van der Waals surface area (Å²) in [4.78, 5) is 4.09. The molecule has 0 saturated heterocycles. The van der Waals surface area contributed by atoms with Crippen LogP contribution in [0.15, 0.2) is 18.5 Å². The quantitative estimate of drug-likeness (QED) is 0.765. The minimum absolute atomic E-state index is 0.516. The molecule has 1 unspecified atom stereocenters. The third-order valence-corrected chi connectivity index (χ3v) is 2.78. The van der Waals surface area contributed by atoms with Crippen molar-refractivity contribution in [2.45, 2.75) is 32.7 Å². The first-order chi connectivity index (χ1) is 7.74. The van der Waals surface area contributed by atoms with E-state index in [4.69, 9.17) is 4.74 Å². The number of methoxy groups -OCH3 is 1. The first-order valence-corrected chi connectivity index (χ1v) is 5.86. The van der Waals surface area contributed by atoms with Gasteiger partial charge >= 0.3 is 0 Å². The zero-order valence-electron chi connectivity index (χ0n) is 10.5. The Morgan fingerprint density at radius 3 is 3.00 bits per heavy atom. The van der Waals surface area contributed by atoms with Crippen LogP contribution in [-0.4, -0.2) is 31.3 Å². The van der Waals surface area contributed by atoms with Crippen molar-refractivity contribution >= 4 is 0 Å². The minimum Gasteiger partial charge on any atom is -0.385 e. The monoisotopic (exact) mass is 222 g/mol. The second kappa shape index (κ2) is 7.36. The van der Waals surface area contributed by atoms with E-state index in [0.29, 0.717) is 6.04 Å². The van der Waals surface area contributed by atoms with Crippen LogP contribution in [0.25, 0.3) is 0 Å². The van der Waals surface area contributed by atoms with E-state index in [1.807, 2.05) is 12.4 Å². The molecule has 1 aromatic heterocycles. The normalized spacial score (nSPS) is 12.7. The van der Waals surface area contributed by atoms with Crippen LogP contribution in [0.5, 0.6) is 0 Å². The molecule has 0 fully saturated rings. The van der Waals surface area contributed by atoms with Crippen LogP contribution < -0.4 is 5.32 Å². The summed E-state index contributed by atoms with van der Waals surface area (Å²) in [7, 11) is 1.74. The number of aromatic nitrogens is 1. The number of hydrogen-bond acceptors (Lipinski definition) is 3. The molecule has 0 aromatic carbocycles. The van der Waals surface area contributed by atoms with Gasteiger partial charge in [-0.2, -0.15) is 0 Å². The molecule has 3 nitrogen and oxygen atoms in total.